The fraction of sp³-hybridized carbons (Fsp3) is 0.333. The first-order chi connectivity index (χ1) is 8.28. The summed E-state index contributed by atoms with van der Waals surface area (Å²) in [7, 11) is 1.02. The quantitative estimate of drug-likeness (QED) is 0.370. The third-order valence-corrected chi connectivity index (χ3v) is 2.37. The van der Waals surface area contributed by atoms with Crippen LogP contribution in [-0.4, -0.2) is 24.4 Å². The smallest absolute Gasteiger partial charge is 0.465 e. The molecule has 0 atom stereocenters. The summed E-state index contributed by atoms with van der Waals surface area (Å²) in [5.74, 6) is -3.29. The molecule has 0 spiro atoms. The van der Waals surface area contributed by atoms with Gasteiger partial charge in [-0.05, 0) is 0 Å². The number of carbonyl (C=O) groups excluding carboxylic acids is 1. The highest BCUT2D eigenvalue weighted by molar-refractivity contribution is 9.08. The Bertz CT molecular complexity index is 464. The van der Waals surface area contributed by atoms with Gasteiger partial charge < -0.3 is 9.47 Å². The number of pyridine rings is 1. The standard InChI is InChI=1S/C9H6BrF4NO3/c1-17-8(16)4-2-6(18-9(12,13)14)15-7(11)5(4)3-10/h2H,3H2,1H3. The van der Waals surface area contributed by atoms with Crippen molar-refractivity contribution in [3.05, 3.63) is 23.1 Å². The highest BCUT2D eigenvalue weighted by Gasteiger charge is 2.33. The zero-order valence-electron chi connectivity index (χ0n) is 8.85. The Morgan fingerprint density at radius 2 is 2.11 bits per heavy atom. The summed E-state index contributed by atoms with van der Waals surface area (Å²) in [5.41, 5.74) is -0.600. The van der Waals surface area contributed by atoms with Gasteiger partial charge >= 0.3 is 12.3 Å². The van der Waals surface area contributed by atoms with Crippen molar-refractivity contribution in [3.63, 3.8) is 0 Å². The molecule has 1 aromatic rings. The van der Waals surface area contributed by atoms with E-state index in [1.807, 2.05) is 0 Å². The molecule has 0 fully saturated rings. The van der Waals surface area contributed by atoms with Gasteiger partial charge in [0.1, 0.15) is 0 Å². The molecule has 0 aliphatic heterocycles. The van der Waals surface area contributed by atoms with E-state index < -0.39 is 24.2 Å². The van der Waals surface area contributed by atoms with Gasteiger partial charge in [-0.2, -0.15) is 9.37 Å². The minimum absolute atomic E-state index is 0.109. The van der Waals surface area contributed by atoms with Gasteiger partial charge in [-0.3, -0.25) is 0 Å². The van der Waals surface area contributed by atoms with Crippen molar-refractivity contribution in [1.82, 2.24) is 4.98 Å². The predicted molar refractivity (Wildman–Crippen MR) is 54.8 cm³/mol. The van der Waals surface area contributed by atoms with Gasteiger partial charge in [-0.1, -0.05) is 15.9 Å². The molecule has 0 saturated heterocycles. The van der Waals surface area contributed by atoms with E-state index >= 15 is 0 Å². The maximum atomic E-state index is 13.4. The number of halogens is 5. The zero-order valence-corrected chi connectivity index (χ0v) is 10.4. The van der Waals surface area contributed by atoms with Gasteiger partial charge in [0.15, 0.2) is 0 Å². The summed E-state index contributed by atoms with van der Waals surface area (Å²) in [6, 6.07) is 0.666. The molecule has 0 aromatic carbocycles. The molecule has 0 saturated carbocycles. The number of ether oxygens (including phenoxy) is 2. The second kappa shape index (κ2) is 5.51. The average molecular weight is 332 g/mol. The second-order valence-corrected chi connectivity index (χ2v) is 3.51. The van der Waals surface area contributed by atoms with Crippen molar-refractivity contribution in [1.29, 1.82) is 0 Å². The van der Waals surface area contributed by atoms with Crippen molar-refractivity contribution in [2.75, 3.05) is 7.11 Å². The van der Waals surface area contributed by atoms with Crippen LogP contribution >= 0.6 is 15.9 Å². The summed E-state index contributed by atoms with van der Waals surface area (Å²) >= 11 is 2.89. The van der Waals surface area contributed by atoms with Crippen LogP contribution in [0.1, 0.15) is 15.9 Å². The molecule has 100 valence electrons. The predicted octanol–water partition coefficient (Wildman–Crippen LogP) is 2.80. The monoisotopic (exact) mass is 331 g/mol. The van der Waals surface area contributed by atoms with Gasteiger partial charge in [0.25, 0.3) is 0 Å². The molecule has 0 N–H and O–H groups in total. The third kappa shape index (κ3) is 3.56. The molecule has 1 heterocycles. The molecule has 0 amide bonds. The lowest BCUT2D eigenvalue weighted by molar-refractivity contribution is -0.276. The molecule has 0 unspecified atom stereocenters. The molecular formula is C9H6BrF4NO3. The second-order valence-electron chi connectivity index (χ2n) is 2.95. The van der Waals surface area contributed by atoms with Crippen LogP contribution in [0.2, 0.25) is 0 Å². The normalized spacial score (nSPS) is 11.2. The first kappa shape index (κ1) is 14.7. The number of alkyl halides is 4. The molecule has 0 bridgehead atoms. The van der Waals surface area contributed by atoms with E-state index in [1.54, 1.807) is 0 Å². The Hall–Kier alpha value is -1.38. The highest BCUT2D eigenvalue weighted by atomic mass is 79.9. The van der Waals surface area contributed by atoms with Gasteiger partial charge in [0.05, 0.1) is 12.7 Å². The van der Waals surface area contributed by atoms with Crippen molar-refractivity contribution in [3.8, 4) is 5.88 Å². The van der Waals surface area contributed by atoms with Gasteiger partial charge in [-0.25, -0.2) is 4.79 Å². The van der Waals surface area contributed by atoms with Crippen LogP contribution in [0.4, 0.5) is 17.6 Å². The zero-order chi connectivity index (χ0) is 13.9. The first-order valence-electron chi connectivity index (χ1n) is 4.38. The molecule has 4 nitrogen and oxygen atoms in total. The maximum absolute atomic E-state index is 13.4. The summed E-state index contributed by atoms with van der Waals surface area (Å²) in [5, 5.41) is -0.109. The number of hydrogen-bond donors (Lipinski definition) is 0. The fourth-order valence-electron chi connectivity index (χ4n) is 1.11. The maximum Gasteiger partial charge on any atom is 0.574 e. The number of hydrogen-bond acceptors (Lipinski definition) is 4. The molecule has 1 rings (SSSR count). The minimum Gasteiger partial charge on any atom is -0.465 e. The van der Waals surface area contributed by atoms with Gasteiger partial charge in [-0.15, -0.1) is 13.2 Å². The number of carbonyl (C=O) groups is 1. The summed E-state index contributed by atoms with van der Waals surface area (Å²) < 4.78 is 57.0. The number of rotatable bonds is 3. The van der Waals surface area contributed by atoms with E-state index in [9.17, 15) is 22.4 Å². The van der Waals surface area contributed by atoms with E-state index in [0.29, 0.717) is 6.07 Å². The van der Waals surface area contributed by atoms with Crippen LogP contribution in [-0.2, 0) is 10.1 Å². The van der Waals surface area contributed by atoms with Crippen LogP contribution < -0.4 is 4.74 Å². The van der Waals surface area contributed by atoms with Crippen LogP contribution in [0.15, 0.2) is 6.07 Å². The lowest BCUT2D eigenvalue weighted by Gasteiger charge is -2.11. The topological polar surface area (TPSA) is 48.4 Å². The Balaban J connectivity index is 3.26. The minimum atomic E-state index is -5.03. The van der Waals surface area contributed by atoms with Crippen molar-refractivity contribution >= 4 is 21.9 Å². The fourth-order valence-corrected chi connectivity index (χ4v) is 1.64. The van der Waals surface area contributed by atoms with E-state index in [4.69, 9.17) is 0 Å². The molecule has 9 heteroatoms. The Kier molecular flexibility index (Phi) is 4.49. The first-order valence-corrected chi connectivity index (χ1v) is 5.50. The Morgan fingerprint density at radius 1 is 1.50 bits per heavy atom. The van der Waals surface area contributed by atoms with Gasteiger partial charge in [0, 0.05) is 17.0 Å². The molecule has 0 aliphatic rings. The summed E-state index contributed by atoms with van der Waals surface area (Å²) in [6.45, 7) is 0. The Labute approximate surface area is 107 Å². The van der Waals surface area contributed by atoms with Crippen LogP contribution in [0.25, 0.3) is 0 Å². The van der Waals surface area contributed by atoms with E-state index in [2.05, 4.69) is 30.4 Å². The van der Waals surface area contributed by atoms with Crippen LogP contribution in [0.5, 0.6) is 5.88 Å². The summed E-state index contributed by atoms with van der Waals surface area (Å²) in [6.07, 6.45) is -5.03. The number of nitrogens with zero attached hydrogens (tertiary/aromatic N) is 1. The van der Waals surface area contributed by atoms with Crippen molar-refractivity contribution in [2.24, 2.45) is 0 Å². The molecular weight excluding hydrogens is 326 g/mol. The molecule has 18 heavy (non-hydrogen) atoms. The SMILES string of the molecule is COC(=O)c1cc(OC(F)(F)F)nc(F)c1CBr. The lowest BCUT2D eigenvalue weighted by Crippen LogP contribution is -2.19. The number of aromatic nitrogens is 1. The highest BCUT2D eigenvalue weighted by Crippen LogP contribution is 2.25. The van der Waals surface area contributed by atoms with E-state index in [0.717, 1.165) is 7.11 Å². The van der Waals surface area contributed by atoms with Gasteiger partial charge in [0.2, 0.25) is 11.8 Å². The van der Waals surface area contributed by atoms with E-state index in [1.165, 1.54) is 0 Å². The largest absolute Gasteiger partial charge is 0.574 e. The molecule has 1 aromatic heterocycles. The molecule has 0 aliphatic carbocycles. The third-order valence-electron chi connectivity index (χ3n) is 1.81. The number of esters is 1. The van der Waals surface area contributed by atoms with E-state index in [-0.39, 0.29) is 16.5 Å². The molecule has 0 radical (unpaired) electrons. The van der Waals surface area contributed by atoms with Crippen LogP contribution in [0.3, 0.4) is 0 Å². The van der Waals surface area contributed by atoms with Crippen molar-refractivity contribution < 1.29 is 31.8 Å². The average Bonchev–Trinajstić information content (AvgIpc) is 2.25. The lowest BCUT2D eigenvalue weighted by atomic mass is 10.1. The Morgan fingerprint density at radius 3 is 2.56 bits per heavy atom. The van der Waals surface area contributed by atoms with Crippen molar-refractivity contribution in [2.45, 2.75) is 11.7 Å². The number of methoxy groups -OCH3 is 1. The summed E-state index contributed by atoms with van der Waals surface area (Å²) in [4.78, 5) is 14.2. The van der Waals surface area contributed by atoms with Crippen LogP contribution in [0, 0.1) is 5.95 Å².